The number of hydrogen-bond acceptors (Lipinski definition) is 2. The molecule has 0 saturated carbocycles. The minimum absolute atomic E-state index is 0.103. The molecule has 1 aliphatic rings. The molecule has 1 fully saturated rings. The number of hydrogen-bond donors (Lipinski definition) is 1. The zero-order chi connectivity index (χ0) is 14.5. The van der Waals surface area contributed by atoms with Crippen LogP contribution in [0, 0.1) is 11.6 Å². The second-order valence-corrected chi connectivity index (χ2v) is 5.16. The number of benzene rings is 1. The average Bonchev–Trinajstić information content (AvgIpc) is 2.47. The van der Waals surface area contributed by atoms with Crippen LogP contribution in [0.25, 0.3) is 0 Å². The van der Waals surface area contributed by atoms with Crippen molar-refractivity contribution in [1.82, 2.24) is 10.2 Å². The molecular formula is C15H20F2N2O. The van der Waals surface area contributed by atoms with Crippen LogP contribution in [0.4, 0.5) is 8.78 Å². The quantitative estimate of drug-likeness (QED) is 0.920. The number of rotatable bonds is 4. The van der Waals surface area contributed by atoms with Gasteiger partial charge in [0.1, 0.15) is 11.6 Å². The van der Waals surface area contributed by atoms with Gasteiger partial charge in [0.25, 0.3) is 5.91 Å². The molecule has 3 nitrogen and oxygen atoms in total. The van der Waals surface area contributed by atoms with E-state index in [0.29, 0.717) is 6.54 Å². The van der Waals surface area contributed by atoms with Crippen molar-refractivity contribution in [2.45, 2.75) is 31.7 Å². The molecule has 1 aromatic rings. The van der Waals surface area contributed by atoms with Crippen molar-refractivity contribution in [1.29, 1.82) is 0 Å². The van der Waals surface area contributed by atoms with Crippen LogP contribution in [0.2, 0.25) is 0 Å². The second-order valence-electron chi connectivity index (χ2n) is 5.16. The second kappa shape index (κ2) is 6.79. The highest BCUT2D eigenvalue weighted by molar-refractivity contribution is 5.94. The normalized spacial score (nSPS) is 19.1. The first-order valence-electron chi connectivity index (χ1n) is 7.04. The van der Waals surface area contributed by atoms with Gasteiger partial charge in [-0.1, -0.05) is 0 Å². The van der Waals surface area contributed by atoms with E-state index in [1.54, 1.807) is 4.90 Å². The monoisotopic (exact) mass is 282 g/mol. The Morgan fingerprint density at radius 3 is 2.95 bits per heavy atom. The molecule has 1 unspecified atom stereocenters. The van der Waals surface area contributed by atoms with Gasteiger partial charge in [0.15, 0.2) is 0 Å². The van der Waals surface area contributed by atoms with E-state index in [1.165, 1.54) is 0 Å². The standard InChI is InChI=1S/C15H20F2N2O/c1-18-8-7-12-4-2-3-9-19(12)15(20)13-10-11(16)5-6-14(13)17/h5-6,10,12,18H,2-4,7-9H2,1H3. The summed E-state index contributed by atoms with van der Waals surface area (Å²) in [5.74, 6) is -1.64. The van der Waals surface area contributed by atoms with Crippen LogP contribution < -0.4 is 5.32 Å². The van der Waals surface area contributed by atoms with Crippen molar-refractivity contribution >= 4 is 5.91 Å². The maximum absolute atomic E-state index is 13.7. The van der Waals surface area contributed by atoms with Crippen LogP contribution in [-0.4, -0.2) is 37.0 Å². The Bertz CT molecular complexity index is 479. The lowest BCUT2D eigenvalue weighted by Gasteiger charge is -2.36. The molecule has 20 heavy (non-hydrogen) atoms. The van der Waals surface area contributed by atoms with Crippen molar-refractivity contribution in [3.63, 3.8) is 0 Å². The highest BCUT2D eigenvalue weighted by Gasteiger charge is 2.28. The number of carbonyl (C=O) groups excluding carboxylic acids is 1. The van der Waals surface area contributed by atoms with E-state index in [4.69, 9.17) is 0 Å². The molecule has 0 aliphatic carbocycles. The largest absolute Gasteiger partial charge is 0.336 e. The van der Waals surface area contributed by atoms with Gasteiger partial charge in [-0.2, -0.15) is 0 Å². The molecule has 2 rings (SSSR count). The van der Waals surface area contributed by atoms with Crippen molar-refractivity contribution in [2.75, 3.05) is 20.1 Å². The molecule has 0 bridgehead atoms. The van der Waals surface area contributed by atoms with Crippen LogP contribution in [0.1, 0.15) is 36.0 Å². The van der Waals surface area contributed by atoms with E-state index in [2.05, 4.69) is 5.32 Å². The maximum atomic E-state index is 13.7. The van der Waals surface area contributed by atoms with Gasteiger partial charge in [-0.15, -0.1) is 0 Å². The van der Waals surface area contributed by atoms with E-state index >= 15 is 0 Å². The van der Waals surface area contributed by atoms with Crippen LogP contribution >= 0.6 is 0 Å². The van der Waals surface area contributed by atoms with Crippen LogP contribution in [0.3, 0.4) is 0 Å². The third-order valence-corrected chi connectivity index (χ3v) is 3.77. The predicted molar refractivity (Wildman–Crippen MR) is 73.6 cm³/mol. The Labute approximate surface area is 118 Å². The van der Waals surface area contributed by atoms with Crippen molar-refractivity contribution in [2.24, 2.45) is 0 Å². The Kier molecular flexibility index (Phi) is 5.06. The van der Waals surface area contributed by atoms with Crippen LogP contribution in [0.5, 0.6) is 0 Å². The number of likely N-dealkylation sites (tertiary alicyclic amines) is 1. The summed E-state index contributed by atoms with van der Waals surface area (Å²) < 4.78 is 27.0. The zero-order valence-electron chi connectivity index (χ0n) is 11.7. The number of carbonyl (C=O) groups is 1. The molecule has 1 heterocycles. The number of halogens is 2. The van der Waals surface area contributed by atoms with E-state index in [-0.39, 0.29) is 11.6 Å². The zero-order valence-corrected chi connectivity index (χ0v) is 11.7. The van der Waals surface area contributed by atoms with Gasteiger partial charge in [0.2, 0.25) is 0 Å². The Balaban J connectivity index is 2.18. The molecule has 1 atom stereocenters. The summed E-state index contributed by atoms with van der Waals surface area (Å²) in [6.45, 7) is 1.42. The Hall–Kier alpha value is -1.49. The van der Waals surface area contributed by atoms with Crippen molar-refractivity contribution in [3.05, 3.63) is 35.4 Å². The molecule has 1 saturated heterocycles. The lowest BCUT2D eigenvalue weighted by atomic mass is 9.98. The minimum Gasteiger partial charge on any atom is -0.336 e. The molecule has 1 aliphatic heterocycles. The molecule has 0 radical (unpaired) electrons. The van der Waals surface area contributed by atoms with E-state index < -0.39 is 17.5 Å². The molecule has 1 N–H and O–H groups in total. The van der Waals surface area contributed by atoms with Gasteiger partial charge < -0.3 is 10.2 Å². The fraction of sp³-hybridized carbons (Fsp3) is 0.533. The SMILES string of the molecule is CNCCC1CCCCN1C(=O)c1cc(F)ccc1F. The molecular weight excluding hydrogens is 262 g/mol. The fourth-order valence-electron chi connectivity index (χ4n) is 2.70. The lowest BCUT2D eigenvalue weighted by molar-refractivity contribution is 0.0597. The highest BCUT2D eigenvalue weighted by atomic mass is 19.1. The first kappa shape index (κ1) is 14.9. The topological polar surface area (TPSA) is 32.3 Å². The van der Waals surface area contributed by atoms with E-state index in [0.717, 1.165) is 50.4 Å². The summed E-state index contributed by atoms with van der Waals surface area (Å²) in [5, 5.41) is 3.06. The predicted octanol–water partition coefficient (Wildman–Crippen LogP) is 2.57. The summed E-state index contributed by atoms with van der Waals surface area (Å²) in [4.78, 5) is 14.1. The summed E-state index contributed by atoms with van der Waals surface area (Å²) in [5.41, 5.74) is -0.165. The summed E-state index contributed by atoms with van der Waals surface area (Å²) in [6.07, 6.45) is 3.74. The van der Waals surface area contributed by atoms with Crippen molar-refractivity contribution in [3.8, 4) is 0 Å². The van der Waals surface area contributed by atoms with Gasteiger partial charge in [-0.25, -0.2) is 8.78 Å². The average molecular weight is 282 g/mol. The summed E-state index contributed by atoms with van der Waals surface area (Å²) in [6, 6.07) is 3.13. The van der Waals surface area contributed by atoms with Gasteiger partial charge in [-0.3, -0.25) is 4.79 Å². The molecule has 0 spiro atoms. The third-order valence-electron chi connectivity index (χ3n) is 3.77. The number of amides is 1. The van der Waals surface area contributed by atoms with Gasteiger partial charge in [-0.05, 0) is 57.5 Å². The molecule has 0 aromatic heterocycles. The van der Waals surface area contributed by atoms with Crippen LogP contribution in [0.15, 0.2) is 18.2 Å². The van der Waals surface area contributed by atoms with Gasteiger partial charge in [0.05, 0.1) is 5.56 Å². The third kappa shape index (κ3) is 3.33. The Morgan fingerprint density at radius 2 is 2.20 bits per heavy atom. The summed E-state index contributed by atoms with van der Waals surface area (Å²) >= 11 is 0. The van der Waals surface area contributed by atoms with Gasteiger partial charge in [0, 0.05) is 12.6 Å². The first-order chi connectivity index (χ1) is 9.63. The molecule has 1 amide bonds. The minimum atomic E-state index is -0.658. The smallest absolute Gasteiger partial charge is 0.257 e. The van der Waals surface area contributed by atoms with E-state index in [1.807, 2.05) is 7.05 Å². The molecule has 5 heteroatoms. The lowest BCUT2D eigenvalue weighted by Crippen LogP contribution is -2.45. The number of nitrogens with zero attached hydrogens (tertiary/aromatic N) is 1. The fourth-order valence-corrected chi connectivity index (χ4v) is 2.70. The van der Waals surface area contributed by atoms with Crippen LogP contribution in [-0.2, 0) is 0 Å². The number of nitrogens with one attached hydrogen (secondary N) is 1. The number of piperidine rings is 1. The maximum Gasteiger partial charge on any atom is 0.257 e. The highest BCUT2D eigenvalue weighted by Crippen LogP contribution is 2.23. The Morgan fingerprint density at radius 1 is 1.40 bits per heavy atom. The van der Waals surface area contributed by atoms with E-state index in [9.17, 15) is 13.6 Å². The first-order valence-corrected chi connectivity index (χ1v) is 7.04. The molecule has 110 valence electrons. The van der Waals surface area contributed by atoms with Crippen molar-refractivity contribution < 1.29 is 13.6 Å². The molecule has 1 aromatic carbocycles. The van der Waals surface area contributed by atoms with Gasteiger partial charge >= 0.3 is 0 Å². The summed E-state index contributed by atoms with van der Waals surface area (Å²) in [7, 11) is 1.86.